The maximum Gasteiger partial charge on any atom is 0.228 e. The van der Waals surface area contributed by atoms with Gasteiger partial charge in [0.15, 0.2) is 0 Å². The molecule has 0 spiro atoms. The molecule has 176 valence electrons. The van der Waals surface area contributed by atoms with Crippen molar-refractivity contribution < 1.29 is 8.42 Å². The van der Waals surface area contributed by atoms with Crippen LogP contribution in [0.1, 0.15) is 19.0 Å². The van der Waals surface area contributed by atoms with E-state index >= 15 is 0 Å². The largest absolute Gasteiger partial charge is 0.323 e. The van der Waals surface area contributed by atoms with E-state index in [4.69, 9.17) is 10.2 Å². The summed E-state index contributed by atoms with van der Waals surface area (Å²) in [5.41, 5.74) is 2.39. The van der Waals surface area contributed by atoms with Gasteiger partial charge in [-0.05, 0) is 30.5 Å². The first-order chi connectivity index (χ1) is 16.9. The molecule has 0 unspecified atom stereocenters. The van der Waals surface area contributed by atoms with Crippen molar-refractivity contribution in [1.29, 1.82) is 10.5 Å². The molecule has 1 aliphatic heterocycles. The Hall–Kier alpha value is -3.91. The monoisotopic (exact) mass is 505 g/mol. The van der Waals surface area contributed by atoms with E-state index in [2.05, 4.69) is 26.5 Å². The molecule has 0 saturated carbocycles. The zero-order valence-electron chi connectivity index (χ0n) is 18.6. The van der Waals surface area contributed by atoms with Gasteiger partial charge < -0.3 is 5.32 Å². The molecule has 0 bridgehead atoms. The van der Waals surface area contributed by atoms with Gasteiger partial charge >= 0.3 is 0 Å². The van der Waals surface area contributed by atoms with Crippen LogP contribution in [0.4, 0.5) is 11.6 Å². The normalized spacial score (nSPS) is 15.3. The SMILES string of the molecule is CCS(=O)(=O)N1CC(CC#N)(n2cc(-c3nc(Nc4ccc(C#N)nc4)nc4ccsc34)cn2)C1. The quantitative estimate of drug-likeness (QED) is 0.399. The molecule has 1 N–H and O–H groups in total. The van der Waals surface area contributed by atoms with Gasteiger partial charge in [0.25, 0.3) is 0 Å². The van der Waals surface area contributed by atoms with Gasteiger partial charge in [-0.15, -0.1) is 11.3 Å². The Balaban J connectivity index is 1.48. The number of sulfonamides is 1. The molecule has 4 aromatic rings. The number of thiophene rings is 1. The van der Waals surface area contributed by atoms with Crippen LogP contribution < -0.4 is 5.32 Å². The third kappa shape index (κ3) is 4.10. The lowest BCUT2D eigenvalue weighted by Crippen LogP contribution is -2.64. The molecule has 4 aromatic heterocycles. The first-order valence-electron chi connectivity index (χ1n) is 10.7. The van der Waals surface area contributed by atoms with E-state index in [1.165, 1.54) is 21.8 Å². The van der Waals surface area contributed by atoms with Gasteiger partial charge in [-0.25, -0.2) is 23.4 Å². The van der Waals surface area contributed by atoms with E-state index in [0.29, 0.717) is 23.0 Å². The number of hydrogen-bond donors (Lipinski definition) is 1. The number of anilines is 2. The van der Waals surface area contributed by atoms with Gasteiger partial charge in [0, 0.05) is 24.8 Å². The van der Waals surface area contributed by atoms with Crippen LogP contribution in [0.3, 0.4) is 0 Å². The third-order valence-electron chi connectivity index (χ3n) is 5.89. The minimum atomic E-state index is -3.33. The van der Waals surface area contributed by atoms with Gasteiger partial charge in [0.1, 0.15) is 17.3 Å². The van der Waals surface area contributed by atoms with Crippen molar-refractivity contribution in [3.05, 3.63) is 47.9 Å². The number of nitrogens with zero attached hydrogens (tertiary/aromatic N) is 8. The summed E-state index contributed by atoms with van der Waals surface area (Å²) in [6, 6.07) is 9.38. The predicted molar refractivity (Wildman–Crippen MR) is 130 cm³/mol. The lowest BCUT2D eigenvalue weighted by atomic mass is 9.89. The fourth-order valence-corrected chi connectivity index (χ4v) is 6.04. The van der Waals surface area contributed by atoms with E-state index in [0.717, 1.165) is 15.8 Å². The Morgan fingerprint density at radius 1 is 1.20 bits per heavy atom. The number of nitrogens with one attached hydrogen (secondary N) is 1. The predicted octanol–water partition coefficient (Wildman–Crippen LogP) is 2.84. The number of pyridine rings is 1. The third-order valence-corrected chi connectivity index (χ3v) is 8.57. The molecule has 0 amide bonds. The standard InChI is InChI=1S/C22H19N9O2S2/c1-2-35(32,33)30-13-22(14-30,6-7-23)31-12-15(10-26-31)19-20-18(5-8-34-20)28-21(29-19)27-17-4-3-16(9-24)25-11-17/h3-5,8,10-12H,2,6,13-14H2,1H3,(H,27,28,29). The minimum absolute atomic E-state index is 0.0157. The lowest BCUT2D eigenvalue weighted by molar-refractivity contribution is 0.0719. The van der Waals surface area contributed by atoms with E-state index in [1.807, 2.05) is 23.7 Å². The molecular formula is C22H19N9O2S2. The summed E-state index contributed by atoms with van der Waals surface area (Å²) in [7, 11) is -3.33. The molecule has 1 saturated heterocycles. The van der Waals surface area contributed by atoms with Crippen molar-refractivity contribution in [3.63, 3.8) is 0 Å². The second-order valence-corrected chi connectivity index (χ2v) is 11.3. The first kappa shape index (κ1) is 22.9. The number of fused-ring (bicyclic) bond motifs is 1. The van der Waals surface area contributed by atoms with Crippen LogP contribution in [0.25, 0.3) is 21.5 Å². The lowest BCUT2D eigenvalue weighted by Gasteiger charge is -2.47. The maximum absolute atomic E-state index is 12.2. The molecule has 5 heterocycles. The molecule has 13 heteroatoms. The highest BCUT2D eigenvalue weighted by atomic mass is 32.2. The topological polar surface area (TPSA) is 153 Å². The highest BCUT2D eigenvalue weighted by molar-refractivity contribution is 7.89. The first-order valence-corrected chi connectivity index (χ1v) is 13.1. The molecule has 35 heavy (non-hydrogen) atoms. The van der Waals surface area contributed by atoms with Gasteiger partial charge in [-0.1, -0.05) is 0 Å². The Morgan fingerprint density at radius 2 is 2.03 bits per heavy atom. The van der Waals surface area contributed by atoms with Crippen LogP contribution in [-0.2, 0) is 15.6 Å². The molecule has 1 fully saturated rings. The van der Waals surface area contributed by atoms with Crippen LogP contribution >= 0.6 is 11.3 Å². The zero-order valence-corrected chi connectivity index (χ0v) is 20.2. The number of aromatic nitrogens is 5. The van der Waals surface area contributed by atoms with E-state index in [9.17, 15) is 13.7 Å². The Bertz CT molecular complexity index is 1590. The fraction of sp³-hybridized carbons (Fsp3) is 0.273. The van der Waals surface area contributed by atoms with Crippen LogP contribution in [0, 0.1) is 22.7 Å². The van der Waals surface area contributed by atoms with Crippen LogP contribution in [0.5, 0.6) is 0 Å². The Morgan fingerprint density at radius 3 is 2.71 bits per heavy atom. The van der Waals surface area contributed by atoms with Gasteiger partial charge in [0.05, 0.1) is 52.2 Å². The molecule has 0 aromatic carbocycles. The average molecular weight is 506 g/mol. The summed E-state index contributed by atoms with van der Waals surface area (Å²) in [4.78, 5) is 13.3. The minimum Gasteiger partial charge on any atom is -0.323 e. The molecular weight excluding hydrogens is 486 g/mol. The molecule has 0 atom stereocenters. The van der Waals surface area contributed by atoms with Crippen molar-refractivity contribution in [2.45, 2.75) is 18.9 Å². The molecule has 0 aliphatic carbocycles. The van der Waals surface area contributed by atoms with Crippen molar-refractivity contribution in [3.8, 4) is 23.4 Å². The van der Waals surface area contributed by atoms with Gasteiger partial charge in [-0.3, -0.25) is 4.68 Å². The second kappa shape index (κ2) is 8.70. The maximum atomic E-state index is 12.2. The highest BCUT2D eigenvalue weighted by Gasteiger charge is 2.49. The van der Waals surface area contributed by atoms with Gasteiger partial charge in [-0.2, -0.15) is 19.9 Å². The fourth-order valence-electron chi connectivity index (χ4n) is 3.96. The number of hydrogen-bond acceptors (Lipinski definition) is 10. The summed E-state index contributed by atoms with van der Waals surface area (Å²) in [5, 5.41) is 27.9. The van der Waals surface area contributed by atoms with E-state index < -0.39 is 15.6 Å². The molecule has 0 radical (unpaired) electrons. The Kier molecular flexibility index (Phi) is 5.68. The zero-order chi connectivity index (χ0) is 24.6. The Labute approximate surface area is 205 Å². The number of rotatable bonds is 7. The van der Waals surface area contributed by atoms with Crippen LogP contribution in [0.2, 0.25) is 0 Å². The summed E-state index contributed by atoms with van der Waals surface area (Å²) in [6.45, 7) is 2.01. The van der Waals surface area contributed by atoms with Crippen molar-refractivity contribution in [2.24, 2.45) is 0 Å². The van der Waals surface area contributed by atoms with Crippen molar-refractivity contribution >= 4 is 43.2 Å². The second-order valence-electron chi connectivity index (χ2n) is 8.10. The summed E-state index contributed by atoms with van der Waals surface area (Å²) >= 11 is 1.50. The molecule has 5 rings (SSSR count). The smallest absolute Gasteiger partial charge is 0.228 e. The molecule has 1 aliphatic rings. The summed E-state index contributed by atoms with van der Waals surface area (Å²) < 4.78 is 28.4. The van der Waals surface area contributed by atoms with Crippen LogP contribution in [0.15, 0.2) is 42.2 Å². The summed E-state index contributed by atoms with van der Waals surface area (Å²) in [5.74, 6) is 0.378. The van der Waals surface area contributed by atoms with E-state index in [1.54, 1.807) is 29.9 Å². The number of nitriles is 2. The average Bonchev–Trinajstić information content (AvgIpc) is 3.51. The molecule has 11 nitrogen and oxygen atoms in total. The van der Waals surface area contributed by atoms with E-state index in [-0.39, 0.29) is 25.3 Å². The van der Waals surface area contributed by atoms with Crippen molar-refractivity contribution in [2.75, 3.05) is 24.2 Å². The summed E-state index contributed by atoms with van der Waals surface area (Å²) in [6.07, 6.45) is 5.16. The highest BCUT2D eigenvalue weighted by Crippen LogP contribution is 2.37. The van der Waals surface area contributed by atoms with Gasteiger partial charge in [0.2, 0.25) is 16.0 Å². The van der Waals surface area contributed by atoms with Crippen molar-refractivity contribution in [1.82, 2.24) is 29.0 Å². The van der Waals surface area contributed by atoms with Crippen LogP contribution in [-0.4, -0.2) is 56.3 Å².